The molecule has 0 amide bonds. The second kappa shape index (κ2) is 6.77. The van der Waals surface area contributed by atoms with Crippen LogP contribution in [-0.4, -0.2) is 14.7 Å². The highest BCUT2D eigenvalue weighted by atomic mass is 35.5. The topological polar surface area (TPSA) is 47.3 Å². The largest absolute Gasteiger partial charge is 0.487 e. The van der Waals surface area contributed by atoms with Crippen LogP contribution in [0, 0.1) is 0 Å². The zero-order valence-electron chi connectivity index (χ0n) is 11.7. The van der Waals surface area contributed by atoms with Crippen molar-refractivity contribution in [2.24, 2.45) is 0 Å². The first-order chi connectivity index (χ1) is 9.61. The molecule has 2 aromatic rings. The molecule has 1 atom stereocenters. The molecule has 0 aliphatic rings. The SMILES string of the molecule is CCCn1cncc1COc1ccc(Cl)cc1C(C)O. The lowest BCUT2D eigenvalue weighted by molar-refractivity contribution is 0.189. The van der Waals surface area contributed by atoms with E-state index in [2.05, 4.69) is 16.5 Å². The first-order valence-corrected chi connectivity index (χ1v) is 7.09. The molecule has 108 valence electrons. The fourth-order valence-electron chi connectivity index (χ4n) is 2.04. The third kappa shape index (κ3) is 3.52. The first-order valence-electron chi connectivity index (χ1n) is 6.71. The summed E-state index contributed by atoms with van der Waals surface area (Å²) in [6, 6.07) is 5.27. The molecule has 5 heteroatoms. The monoisotopic (exact) mass is 294 g/mol. The Morgan fingerprint density at radius 2 is 2.25 bits per heavy atom. The van der Waals surface area contributed by atoms with Gasteiger partial charge in [0.25, 0.3) is 0 Å². The summed E-state index contributed by atoms with van der Waals surface area (Å²) in [4.78, 5) is 4.14. The summed E-state index contributed by atoms with van der Waals surface area (Å²) < 4.78 is 7.87. The van der Waals surface area contributed by atoms with Crippen LogP contribution in [0.2, 0.25) is 5.02 Å². The summed E-state index contributed by atoms with van der Waals surface area (Å²) in [5.74, 6) is 0.647. The Balaban J connectivity index is 2.12. The minimum Gasteiger partial charge on any atom is -0.487 e. The van der Waals surface area contributed by atoms with E-state index in [1.807, 2.05) is 0 Å². The predicted molar refractivity (Wildman–Crippen MR) is 78.9 cm³/mol. The van der Waals surface area contributed by atoms with Crippen molar-refractivity contribution < 1.29 is 9.84 Å². The van der Waals surface area contributed by atoms with Crippen LogP contribution in [0.3, 0.4) is 0 Å². The maximum Gasteiger partial charge on any atom is 0.130 e. The van der Waals surface area contributed by atoms with E-state index in [0.717, 1.165) is 18.7 Å². The molecule has 0 fully saturated rings. The van der Waals surface area contributed by atoms with Gasteiger partial charge in [-0.2, -0.15) is 0 Å². The van der Waals surface area contributed by atoms with Gasteiger partial charge in [-0.25, -0.2) is 4.98 Å². The number of aliphatic hydroxyl groups is 1. The molecule has 0 bridgehead atoms. The zero-order chi connectivity index (χ0) is 14.5. The molecule has 1 aromatic heterocycles. The van der Waals surface area contributed by atoms with Gasteiger partial charge in [-0.1, -0.05) is 18.5 Å². The second-order valence-electron chi connectivity index (χ2n) is 4.73. The van der Waals surface area contributed by atoms with Crippen molar-refractivity contribution >= 4 is 11.6 Å². The van der Waals surface area contributed by atoms with Gasteiger partial charge >= 0.3 is 0 Å². The number of benzene rings is 1. The van der Waals surface area contributed by atoms with Crippen molar-refractivity contribution in [2.45, 2.75) is 39.5 Å². The average molecular weight is 295 g/mol. The molecule has 1 heterocycles. The quantitative estimate of drug-likeness (QED) is 0.886. The van der Waals surface area contributed by atoms with Crippen LogP contribution >= 0.6 is 11.6 Å². The lowest BCUT2D eigenvalue weighted by Crippen LogP contribution is -2.06. The average Bonchev–Trinajstić information content (AvgIpc) is 2.85. The lowest BCUT2D eigenvalue weighted by atomic mass is 10.1. The maximum atomic E-state index is 9.77. The summed E-state index contributed by atoms with van der Waals surface area (Å²) in [5, 5.41) is 10.4. The summed E-state index contributed by atoms with van der Waals surface area (Å²) in [6.45, 7) is 5.15. The number of halogens is 1. The molecule has 1 unspecified atom stereocenters. The van der Waals surface area contributed by atoms with E-state index in [1.54, 1.807) is 37.6 Å². The maximum absolute atomic E-state index is 9.77. The van der Waals surface area contributed by atoms with Crippen molar-refractivity contribution in [3.05, 3.63) is 47.0 Å². The minimum atomic E-state index is -0.621. The van der Waals surface area contributed by atoms with Crippen LogP contribution < -0.4 is 4.74 Å². The van der Waals surface area contributed by atoms with Gasteiger partial charge in [0.1, 0.15) is 12.4 Å². The van der Waals surface area contributed by atoms with Crippen LogP contribution in [0.4, 0.5) is 0 Å². The summed E-state index contributed by atoms with van der Waals surface area (Å²) in [7, 11) is 0. The van der Waals surface area contributed by atoms with Crippen LogP contribution in [0.5, 0.6) is 5.75 Å². The van der Waals surface area contributed by atoms with Crippen LogP contribution in [0.15, 0.2) is 30.7 Å². The molecular formula is C15H19ClN2O2. The van der Waals surface area contributed by atoms with Crippen molar-refractivity contribution in [2.75, 3.05) is 0 Å². The first kappa shape index (κ1) is 14.9. The highest BCUT2D eigenvalue weighted by Crippen LogP contribution is 2.28. The number of hydrogen-bond donors (Lipinski definition) is 1. The Labute approximate surface area is 124 Å². The van der Waals surface area contributed by atoms with E-state index in [1.165, 1.54) is 0 Å². The van der Waals surface area contributed by atoms with Crippen molar-refractivity contribution in [1.82, 2.24) is 9.55 Å². The van der Waals surface area contributed by atoms with E-state index in [0.29, 0.717) is 22.9 Å². The van der Waals surface area contributed by atoms with Crippen molar-refractivity contribution in [3.8, 4) is 5.75 Å². The second-order valence-corrected chi connectivity index (χ2v) is 5.16. The molecule has 1 aromatic carbocycles. The number of imidazole rings is 1. The fraction of sp³-hybridized carbons (Fsp3) is 0.400. The van der Waals surface area contributed by atoms with Gasteiger partial charge in [-0.05, 0) is 31.5 Å². The Kier molecular flexibility index (Phi) is 5.04. The van der Waals surface area contributed by atoms with E-state index >= 15 is 0 Å². The lowest BCUT2D eigenvalue weighted by Gasteiger charge is -2.14. The number of aromatic nitrogens is 2. The number of nitrogens with zero attached hydrogens (tertiary/aromatic N) is 2. The Morgan fingerprint density at radius 1 is 1.45 bits per heavy atom. The van der Waals surface area contributed by atoms with Gasteiger partial charge in [0.05, 0.1) is 24.3 Å². The fourth-order valence-corrected chi connectivity index (χ4v) is 2.22. The smallest absolute Gasteiger partial charge is 0.130 e. The number of aliphatic hydroxyl groups excluding tert-OH is 1. The van der Waals surface area contributed by atoms with Crippen LogP contribution in [0.25, 0.3) is 0 Å². The third-order valence-electron chi connectivity index (χ3n) is 3.06. The van der Waals surface area contributed by atoms with Crippen LogP contribution in [0.1, 0.15) is 37.6 Å². The zero-order valence-corrected chi connectivity index (χ0v) is 12.5. The number of rotatable bonds is 6. The summed E-state index contributed by atoms with van der Waals surface area (Å²) in [5.41, 5.74) is 1.71. The minimum absolute atomic E-state index is 0.418. The highest BCUT2D eigenvalue weighted by Gasteiger charge is 2.11. The molecule has 1 N–H and O–H groups in total. The summed E-state index contributed by atoms with van der Waals surface area (Å²) >= 11 is 5.95. The molecule has 0 aliphatic carbocycles. The van der Waals surface area contributed by atoms with E-state index in [-0.39, 0.29) is 0 Å². The van der Waals surface area contributed by atoms with Gasteiger partial charge in [0.15, 0.2) is 0 Å². The Hall–Kier alpha value is -1.52. The Bertz CT molecular complexity index is 567. The van der Waals surface area contributed by atoms with Crippen LogP contribution in [-0.2, 0) is 13.2 Å². The third-order valence-corrected chi connectivity index (χ3v) is 3.30. The molecule has 0 saturated carbocycles. The van der Waals surface area contributed by atoms with Crippen molar-refractivity contribution in [3.63, 3.8) is 0 Å². The molecule has 0 spiro atoms. The molecule has 0 aliphatic heterocycles. The normalized spacial score (nSPS) is 12.4. The van der Waals surface area contributed by atoms with Crippen molar-refractivity contribution in [1.29, 1.82) is 0 Å². The van der Waals surface area contributed by atoms with Gasteiger partial charge in [0.2, 0.25) is 0 Å². The van der Waals surface area contributed by atoms with Gasteiger partial charge in [0, 0.05) is 17.1 Å². The molecule has 0 saturated heterocycles. The van der Waals surface area contributed by atoms with Gasteiger partial charge in [-0.3, -0.25) is 0 Å². The number of aryl methyl sites for hydroxylation is 1. The highest BCUT2D eigenvalue weighted by molar-refractivity contribution is 6.30. The molecule has 0 radical (unpaired) electrons. The molecule has 4 nitrogen and oxygen atoms in total. The summed E-state index contributed by atoms with van der Waals surface area (Å²) in [6.07, 6.45) is 4.03. The molecule has 2 rings (SSSR count). The molecular weight excluding hydrogens is 276 g/mol. The van der Waals surface area contributed by atoms with E-state index < -0.39 is 6.10 Å². The van der Waals surface area contributed by atoms with Gasteiger partial charge < -0.3 is 14.4 Å². The number of hydrogen-bond acceptors (Lipinski definition) is 3. The van der Waals surface area contributed by atoms with Gasteiger partial charge in [-0.15, -0.1) is 0 Å². The standard InChI is InChI=1S/C15H19ClN2O2/c1-3-6-18-10-17-8-13(18)9-20-15-5-4-12(16)7-14(15)11(2)19/h4-5,7-8,10-11,19H,3,6,9H2,1-2H3. The van der Waals surface area contributed by atoms with E-state index in [4.69, 9.17) is 16.3 Å². The Morgan fingerprint density at radius 3 is 2.95 bits per heavy atom. The predicted octanol–water partition coefficient (Wildman–Crippen LogP) is 3.58. The molecule has 20 heavy (non-hydrogen) atoms. The number of ether oxygens (including phenoxy) is 1. The van der Waals surface area contributed by atoms with E-state index in [9.17, 15) is 5.11 Å².